The van der Waals surface area contributed by atoms with Crippen LogP contribution in [0, 0.1) is 0 Å². The molecule has 0 saturated heterocycles. The average Bonchev–Trinajstić information content (AvgIpc) is 2.54. The maximum absolute atomic E-state index is 12.6. The minimum Gasteiger partial charge on any atom is -0.340 e. The zero-order valence-electron chi connectivity index (χ0n) is 13.5. The highest BCUT2D eigenvalue weighted by Crippen LogP contribution is 2.22. The molecule has 1 aliphatic heterocycles. The Bertz CT molecular complexity index is 716. The van der Waals surface area contributed by atoms with Gasteiger partial charge in [0.25, 0.3) is 5.91 Å². The molecule has 0 spiro atoms. The molecular weight excluding hydrogens is 308 g/mol. The lowest BCUT2D eigenvalue weighted by Crippen LogP contribution is -2.46. The van der Waals surface area contributed by atoms with Crippen LogP contribution in [0.25, 0.3) is 0 Å². The number of carbonyl (C=O) groups is 1. The van der Waals surface area contributed by atoms with Crippen molar-refractivity contribution in [2.75, 3.05) is 20.6 Å². The van der Waals surface area contributed by atoms with Gasteiger partial charge >= 0.3 is 0 Å². The number of hydrogen-bond acceptors (Lipinski definition) is 2. The minimum atomic E-state index is 0.0137. The number of fused-ring (bicyclic) bond motifs is 1. The van der Waals surface area contributed by atoms with Crippen LogP contribution >= 0.6 is 11.6 Å². The fourth-order valence-electron chi connectivity index (χ4n) is 3.16. The number of rotatable bonds is 3. The zero-order chi connectivity index (χ0) is 16.4. The Kier molecular flexibility index (Phi) is 4.69. The van der Waals surface area contributed by atoms with Crippen LogP contribution in [-0.2, 0) is 13.0 Å². The average molecular weight is 329 g/mol. The van der Waals surface area contributed by atoms with Gasteiger partial charge in [0.05, 0.1) is 0 Å². The topological polar surface area (TPSA) is 23.6 Å². The Morgan fingerprint density at radius 3 is 2.70 bits per heavy atom. The smallest absolute Gasteiger partial charge is 0.253 e. The van der Waals surface area contributed by atoms with Crippen LogP contribution in [-0.4, -0.2) is 42.4 Å². The first-order valence-electron chi connectivity index (χ1n) is 7.82. The van der Waals surface area contributed by atoms with E-state index in [2.05, 4.69) is 36.2 Å². The maximum Gasteiger partial charge on any atom is 0.253 e. The summed E-state index contributed by atoms with van der Waals surface area (Å²) in [6, 6.07) is 16.0. The lowest BCUT2D eigenvalue weighted by Gasteiger charge is -2.36. The first-order chi connectivity index (χ1) is 11.0. The van der Waals surface area contributed by atoms with Crippen molar-refractivity contribution in [1.29, 1.82) is 0 Å². The zero-order valence-corrected chi connectivity index (χ0v) is 14.3. The van der Waals surface area contributed by atoms with Gasteiger partial charge in [-0.3, -0.25) is 9.69 Å². The molecular formula is C19H21ClN2O. The van der Waals surface area contributed by atoms with Crippen molar-refractivity contribution in [3.63, 3.8) is 0 Å². The van der Waals surface area contributed by atoms with Crippen molar-refractivity contribution in [2.45, 2.75) is 19.0 Å². The van der Waals surface area contributed by atoms with Gasteiger partial charge in [-0.05, 0) is 42.8 Å². The molecule has 0 radical (unpaired) electrons. The Labute approximate surface area is 142 Å². The molecule has 0 unspecified atom stereocenters. The highest BCUT2D eigenvalue weighted by Gasteiger charge is 2.25. The van der Waals surface area contributed by atoms with Crippen molar-refractivity contribution < 1.29 is 4.79 Å². The summed E-state index contributed by atoms with van der Waals surface area (Å²) in [5.41, 5.74) is 3.41. The number of amides is 1. The Morgan fingerprint density at radius 2 is 1.96 bits per heavy atom. The molecule has 1 heterocycles. The van der Waals surface area contributed by atoms with Gasteiger partial charge in [-0.2, -0.15) is 0 Å². The van der Waals surface area contributed by atoms with Crippen LogP contribution in [0.2, 0.25) is 5.02 Å². The maximum atomic E-state index is 12.6. The second-order valence-electron chi connectivity index (χ2n) is 6.24. The Morgan fingerprint density at radius 1 is 1.22 bits per heavy atom. The van der Waals surface area contributed by atoms with E-state index in [9.17, 15) is 4.79 Å². The molecule has 0 saturated carbocycles. The standard InChI is InChI=1S/C19H21ClN2O/c1-21-12-16-7-4-3-6-14(16)11-18(21)13-22(2)19(23)15-8-5-9-17(20)10-15/h3-10,18H,11-13H2,1-2H3/t18-/m1/s1. The molecule has 1 aliphatic rings. The summed E-state index contributed by atoms with van der Waals surface area (Å²) in [7, 11) is 3.98. The largest absolute Gasteiger partial charge is 0.340 e. The number of carbonyl (C=O) groups excluding carboxylic acids is 1. The van der Waals surface area contributed by atoms with E-state index >= 15 is 0 Å². The molecule has 120 valence electrons. The monoisotopic (exact) mass is 328 g/mol. The Balaban J connectivity index is 1.70. The van der Waals surface area contributed by atoms with Gasteiger partial charge < -0.3 is 4.90 Å². The van der Waals surface area contributed by atoms with Crippen molar-refractivity contribution in [1.82, 2.24) is 9.80 Å². The lowest BCUT2D eigenvalue weighted by molar-refractivity contribution is 0.0733. The number of halogens is 1. The predicted octanol–water partition coefficient (Wildman–Crippen LogP) is 3.47. The van der Waals surface area contributed by atoms with E-state index < -0.39 is 0 Å². The summed E-state index contributed by atoms with van der Waals surface area (Å²) < 4.78 is 0. The summed E-state index contributed by atoms with van der Waals surface area (Å²) >= 11 is 5.99. The van der Waals surface area contributed by atoms with Crippen LogP contribution in [0.15, 0.2) is 48.5 Å². The molecule has 2 aromatic rings. The number of benzene rings is 2. The van der Waals surface area contributed by atoms with Crippen molar-refractivity contribution in [3.8, 4) is 0 Å². The van der Waals surface area contributed by atoms with E-state index in [1.807, 2.05) is 19.2 Å². The molecule has 1 atom stereocenters. The fourth-order valence-corrected chi connectivity index (χ4v) is 3.35. The van der Waals surface area contributed by atoms with Gasteiger partial charge in [-0.25, -0.2) is 0 Å². The summed E-state index contributed by atoms with van der Waals surface area (Å²) in [6.07, 6.45) is 0.972. The van der Waals surface area contributed by atoms with Crippen LogP contribution in [0.5, 0.6) is 0 Å². The lowest BCUT2D eigenvalue weighted by atomic mass is 9.94. The van der Waals surface area contributed by atoms with Crippen LogP contribution in [0.4, 0.5) is 0 Å². The minimum absolute atomic E-state index is 0.0137. The quantitative estimate of drug-likeness (QED) is 0.861. The predicted molar refractivity (Wildman–Crippen MR) is 93.8 cm³/mol. The third kappa shape index (κ3) is 3.57. The molecule has 1 amide bonds. The van der Waals surface area contributed by atoms with Gasteiger partial charge in [-0.15, -0.1) is 0 Å². The summed E-state index contributed by atoms with van der Waals surface area (Å²) in [4.78, 5) is 16.7. The molecule has 3 rings (SSSR count). The van der Waals surface area contributed by atoms with E-state index in [0.29, 0.717) is 23.2 Å². The molecule has 2 aromatic carbocycles. The van der Waals surface area contributed by atoms with E-state index in [0.717, 1.165) is 13.0 Å². The SMILES string of the molecule is CN(C[C@H]1Cc2ccccc2CN1C)C(=O)c1cccc(Cl)c1. The van der Waals surface area contributed by atoms with Gasteiger partial charge in [0.2, 0.25) is 0 Å². The van der Waals surface area contributed by atoms with Crippen LogP contribution < -0.4 is 0 Å². The molecule has 0 bridgehead atoms. The molecule has 3 nitrogen and oxygen atoms in total. The van der Waals surface area contributed by atoms with E-state index in [1.165, 1.54) is 11.1 Å². The summed E-state index contributed by atoms with van der Waals surface area (Å²) in [6.45, 7) is 1.64. The molecule has 4 heteroatoms. The molecule has 0 fully saturated rings. The van der Waals surface area contributed by atoms with Crippen molar-refractivity contribution in [2.24, 2.45) is 0 Å². The fraction of sp³-hybridized carbons (Fsp3) is 0.316. The molecule has 23 heavy (non-hydrogen) atoms. The van der Waals surface area contributed by atoms with Gasteiger partial charge in [0.15, 0.2) is 0 Å². The number of hydrogen-bond donors (Lipinski definition) is 0. The highest BCUT2D eigenvalue weighted by molar-refractivity contribution is 6.30. The van der Waals surface area contributed by atoms with Gasteiger partial charge in [0.1, 0.15) is 0 Å². The number of nitrogens with zero attached hydrogens (tertiary/aromatic N) is 2. The van der Waals surface area contributed by atoms with E-state index in [-0.39, 0.29) is 5.91 Å². The molecule has 0 aromatic heterocycles. The second kappa shape index (κ2) is 6.73. The summed E-state index contributed by atoms with van der Waals surface area (Å²) in [5, 5.41) is 0.591. The highest BCUT2D eigenvalue weighted by atomic mass is 35.5. The van der Waals surface area contributed by atoms with E-state index in [1.54, 1.807) is 17.0 Å². The van der Waals surface area contributed by atoms with E-state index in [4.69, 9.17) is 11.6 Å². The van der Waals surface area contributed by atoms with Gasteiger partial charge in [-0.1, -0.05) is 41.9 Å². The third-order valence-corrected chi connectivity index (χ3v) is 4.75. The van der Waals surface area contributed by atoms with Crippen LogP contribution in [0.1, 0.15) is 21.5 Å². The first kappa shape index (κ1) is 16.0. The normalized spacial score (nSPS) is 17.6. The van der Waals surface area contributed by atoms with Gasteiger partial charge in [0, 0.05) is 36.8 Å². The Hall–Kier alpha value is -1.84. The summed E-state index contributed by atoms with van der Waals surface area (Å²) in [5.74, 6) is 0.0137. The van der Waals surface area contributed by atoms with Crippen molar-refractivity contribution >= 4 is 17.5 Å². The molecule has 0 N–H and O–H groups in total. The third-order valence-electron chi connectivity index (χ3n) is 4.52. The van der Waals surface area contributed by atoms with Crippen molar-refractivity contribution in [3.05, 3.63) is 70.2 Å². The number of likely N-dealkylation sites (N-methyl/N-ethyl adjacent to an activating group) is 2. The first-order valence-corrected chi connectivity index (χ1v) is 8.20. The molecule has 0 aliphatic carbocycles. The second-order valence-corrected chi connectivity index (χ2v) is 6.67. The van der Waals surface area contributed by atoms with Crippen LogP contribution in [0.3, 0.4) is 0 Å².